The van der Waals surface area contributed by atoms with E-state index in [2.05, 4.69) is 158 Å². The van der Waals surface area contributed by atoms with E-state index < -0.39 is 0 Å². The molecular weight excluding hydrogens is 546 g/mol. The van der Waals surface area contributed by atoms with Gasteiger partial charge in [0.2, 0.25) is 0 Å². The molecule has 0 radical (unpaired) electrons. The summed E-state index contributed by atoms with van der Waals surface area (Å²) >= 11 is 0. The highest BCUT2D eigenvalue weighted by atomic mass is 15.8. The van der Waals surface area contributed by atoms with Crippen molar-refractivity contribution in [2.24, 2.45) is 11.0 Å². The molecule has 224 valence electrons. The van der Waals surface area contributed by atoms with Crippen LogP contribution in [0.4, 0.5) is 5.69 Å². The first-order chi connectivity index (χ1) is 22.2. The third kappa shape index (κ3) is 5.48. The molecule has 3 nitrogen and oxygen atoms in total. The summed E-state index contributed by atoms with van der Waals surface area (Å²) in [6.07, 6.45) is 4.12. The zero-order chi connectivity index (χ0) is 30.8. The maximum Gasteiger partial charge on any atom is 0.102 e. The molecule has 3 heteroatoms. The van der Waals surface area contributed by atoms with Crippen LogP contribution < -0.4 is 5.01 Å². The fourth-order valence-corrected chi connectivity index (χ4v) is 6.77. The van der Waals surface area contributed by atoms with Gasteiger partial charge in [0.15, 0.2) is 0 Å². The van der Waals surface area contributed by atoms with Crippen LogP contribution in [-0.4, -0.2) is 17.4 Å². The van der Waals surface area contributed by atoms with E-state index in [1.807, 2.05) is 0 Å². The molecule has 45 heavy (non-hydrogen) atoms. The molecule has 0 bridgehead atoms. The van der Waals surface area contributed by atoms with Gasteiger partial charge in [-0.3, -0.25) is 0 Å². The van der Waals surface area contributed by atoms with Crippen LogP contribution in [0.1, 0.15) is 67.0 Å². The monoisotopic (exact) mass is 587 g/mol. The first kappa shape index (κ1) is 28.9. The lowest BCUT2D eigenvalue weighted by Crippen LogP contribution is -2.44. The molecule has 0 fully saturated rings. The second kappa shape index (κ2) is 12.6. The summed E-state index contributed by atoms with van der Waals surface area (Å²) in [5.41, 5.74) is 14.9. The van der Waals surface area contributed by atoms with Gasteiger partial charge in [-0.25, -0.2) is 5.01 Å². The average molecular weight is 588 g/mol. The standard InChI is InChI=1S/C42H41N3/c1-4-16-31-17-12-15-24-39(31)40-41(32-18-8-6-9-19-32)43-44(29-30(3)5-2)45(42(40)33-20-10-7-11-21-33)36-25-26-38-35(28-36)27-34-22-13-14-23-37(34)38/h6-15,17-26,28,30H,4-5,16,27,29H2,1-3H3. The number of fused-ring (bicyclic) bond motifs is 3. The molecule has 0 N–H and O–H groups in total. The molecule has 0 spiro atoms. The van der Waals surface area contributed by atoms with Crippen LogP contribution in [0.5, 0.6) is 0 Å². The van der Waals surface area contributed by atoms with Crippen LogP contribution in [0.3, 0.4) is 0 Å². The highest BCUT2D eigenvalue weighted by Crippen LogP contribution is 2.44. The molecule has 7 rings (SSSR count). The number of allylic oxidation sites excluding steroid dienone is 1. The average Bonchev–Trinajstić information content (AvgIpc) is 3.47. The topological polar surface area (TPSA) is 18.8 Å². The molecule has 1 aliphatic heterocycles. The summed E-state index contributed by atoms with van der Waals surface area (Å²) in [7, 11) is 0. The number of hydrogen-bond acceptors (Lipinski definition) is 3. The fraction of sp³-hybridized carbons (Fsp3) is 0.214. The number of hydrazone groups is 1. The largest absolute Gasteiger partial charge is 0.237 e. The van der Waals surface area contributed by atoms with Gasteiger partial charge in [-0.05, 0) is 64.3 Å². The van der Waals surface area contributed by atoms with Gasteiger partial charge in [0.25, 0.3) is 0 Å². The SMILES string of the molecule is CCCc1ccccc1C1=C(c2ccccc2)N(c2ccc3c(c2)Cc2ccccc2-3)N(CC(C)CC)N=C1c1ccccc1. The quantitative estimate of drug-likeness (QED) is 0.168. The Morgan fingerprint density at radius 2 is 1.31 bits per heavy atom. The molecular formula is C42H41N3. The number of aryl methyl sites for hydroxylation is 1. The van der Waals surface area contributed by atoms with Crippen molar-refractivity contribution in [3.8, 4) is 11.1 Å². The first-order valence-corrected chi connectivity index (χ1v) is 16.5. The van der Waals surface area contributed by atoms with Crippen molar-refractivity contribution < 1.29 is 0 Å². The summed E-state index contributed by atoms with van der Waals surface area (Å²) in [6.45, 7) is 7.67. The van der Waals surface area contributed by atoms with E-state index in [4.69, 9.17) is 5.10 Å². The van der Waals surface area contributed by atoms with Gasteiger partial charge in [0, 0.05) is 16.7 Å². The number of benzene rings is 5. The highest BCUT2D eigenvalue weighted by Gasteiger charge is 2.34. The number of anilines is 1. The van der Waals surface area contributed by atoms with Gasteiger partial charge in [0.1, 0.15) is 5.71 Å². The van der Waals surface area contributed by atoms with Crippen LogP contribution in [0.15, 0.2) is 132 Å². The van der Waals surface area contributed by atoms with Crippen molar-refractivity contribution in [3.63, 3.8) is 0 Å². The van der Waals surface area contributed by atoms with E-state index >= 15 is 0 Å². The van der Waals surface area contributed by atoms with Crippen molar-refractivity contribution >= 4 is 22.7 Å². The maximum absolute atomic E-state index is 5.58. The molecule has 1 atom stereocenters. The smallest absolute Gasteiger partial charge is 0.102 e. The van der Waals surface area contributed by atoms with Crippen molar-refractivity contribution in [2.75, 3.05) is 11.6 Å². The molecule has 1 unspecified atom stereocenters. The first-order valence-electron chi connectivity index (χ1n) is 16.5. The van der Waals surface area contributed by atoms with E-state index in [-0.39, 0.29) is 0 Å². The van der Waals surface area contributed by atoms with Crippen LogP contribution in [0.25, 0.3) is 22.4 Å². The minimum atomic E-state index is 0.456. The summed E-state index contributed by atoms with van der Waals surface area (Å²) in [5.74, 6) is 0.456. The van der Waals surface area contributed by atoms with E-state index in [1.54, 1.807) is 0 Å². The normalized spacial score (nSPS) is 14.7. The van der Waals surface area contributed by atoms with Crippen LogP contribution in [-0.2, 0) is 12.8 Å². The summed E-state index contributed by atoms with van der Waals surface area (Å²) in [4.78, 5) is 0. The maximum atomic E-state index is 5.58. The van der Waals surface area contributed by atoms with Crippen molar-refractivity contribution in [1.29, 1.82) is 0 Å². The fourth-order valence-electron chi connectivity index (χ4n) is 6.77. The van der Waals surface area contributed by atoms with Gasteiger partial charge in [-0.2, -0.15) is 10.2 Å². The van der Waals surface area contributed by atoms with E-state index in [9.17, 15) is 0 Å². The molecule has 1 aliphatic carbocycles. The predicted molar refractivity (Wildman–Crippen MR) is 190 cm³/mol. The van der Waals surface area contributed by atoms with Crippen LogP contribution >= 0.6 is 0 Å². The lowest BCUT2D eigenvalue weighted by Gasteiger charge is -2.42. The van der Waals surface area contributed by atoms with E-state index in [1.165, 1.54) is 50.2 Å². The Morgan fingerprint density at radius 3 is 2.04 bits per heavy atom. The lowest BCUT2D eigenvalue weighted by atomic mass is 9.87. The van der Waals surface area contributed by atoms with Crippen molar-refractivity contribution in [3.05, 3.63) is 161 Å². The molecule has 0 saturated heterocycles. The Morgan fingerprint density at radius 1 is 0.667 bits per heavy atom. The van der Waals surface area contributed by atoms with Gasteiger partial charge < -0.3 is 0 Å². The summed E-state index contributed by atoms with van der Waals surface area (Å²) in [6, 6.07) is 46.4. The zero-order valence-corrected chi connectivity index (χ0v) is 26.6. The van der Waals surface area contributed by atoms with Crippen molar-refractivity contribution in [2.45, 2.75) is 46.5 Å². The van der Waals surface area contributed by atoms with Gasteiger partial charge in [0.05, 0.1) is 17.9 Å². The third-order valence-corrected chi connectivity index (χ3v) is 9.23. The predicted octanol–water partition coefficient (Wildman–Crippen LogP) is 10.3. The number of rotatable bonds is 9. The Bertz CT molecular complexity index is 1870. The highest BCUT2D eigenvalue weighted by molar-refractivity contribution is 6.38. The Balaban J connectivity index is 1.52. The zero-order valence-electron chi connectivity index (χ0n) is 26.6. The Kier molecular flexibility index (Phi) is 8.09. The van der Waals surface area contributed by atoms with Gasteiger partial charge in [-0.15, -0.1) is 0 Å². The Hall–Kier alpha value is -4.89. The third-order valence-electron chi connectivity index (χ3n) is 9.23. The molecule has 5 aromatic carbocycles. The summed E-state index contributed by atoms with van der Waals surface area (Å²) < 4.78 is 0. The van der Waals surface area contributed by atoms with Crippen LogP contribution in [0.2, 0.25) is 0 Å². The second-order valence-corrected chi connectivity index (χ2v) is 12.4. The minimum absolute atomic E-state index is 0.456. The van der Waals surface area contributed by atoms with E-state index in [0.717, 1.165) is 49.2 Å². The molecule has 5 aromatic rings. The molecule has 0 aromatic heterocycles. The molecule has 1 heterocycles. The number of hydrogen-bond donors (Lipinski definition) is 0. The number of hydrazine groups is 1. The molecule has 0 amide bonds. The number of nitrogens with zero attached hydrogens (tertiary/aromatic N) is 3. The minimum Gasteiger partial charge on any atom is -0.237 e. The van der Waals surface area contributed by atoms with Gasteiger partial charge in [-0.1, -0.05) is 149 Å². The van der Waals surface area contributed by atoms with Crippen LogP contribution in [0, 0.1) is 5.92 Å². The molecule has 2 aliphatic rings. The second-order valence-electron chi connectivity index (χ2n) is 12.4. The molecule has 0 saturated carbocycles. The van der Waals surface area contributed by atoms with Crippen molar-refractivity contribution in [1.82, 2.24) is 5.12 Å². The van der Waals surface area contributed by atoms with Gasteiger partial charge >= 0.3 is 0 Å². The lowest BCUT2D eigenvalue weighted by molar-refractivity contribution is 0.248. The summed E-state index contributed by atoms with van der Waals surface area (Å²) in [5, 5.41) is 10.2. The van der Waals surface area contributed by atoms with E-state index in [0.29, 0.717) is 5.92 Å². The Labute approximate surface area is 268 Å².